The summed E-state index contributed by atoms with van der Waals surface area (Å²) in [5.74, 6) is -0.0529. The summed E-state index contributed by atoms with van der Waals surface area (Å²) in [6.45, 7) is 5.35. The van der Waals surface area contributed by atoms with Gasteiger partial charge in [0.25, 0.3) is 5.69 Å². The molecule has 0 bridgehead atoms. The van der Waals surface area contributed by atoms with Crippen molar-refractivity contribution in [2.24, 2.45) is 5.41 Å². The normalized spacial score (nSPS) is 11.3. The van der Waals surface area contributed by atoms with Crippen LogP contribution >= 0.6 is 11.6 Å². The smallest absolute Gasteiger partial charge is 0.273 e. The Morgan fingerprint density at radius 3 is 2.47 bits per heavy atom. The molecule has 0 aliphatic carbocycles. The number of rotatable bonds is 3. The fourth-order valence-corrected chi connectivity index (χ4v) is 1.51. The third kappa shape index (κ3) is 3.53. The Bertz CT molecular complexity index is 463. The van der Waals surface area contributed by atoms with Crippen LogP contribution in [-0.4, -0.2) is 10.7 Å². The highest BCUT2D eigenvalue weighted by molar-refractivity contribution is 6.30. The van der Waals surface area contributed by atoms with Crippen LogP contribution in [0.25, 0.3) is 0 Å². The van der Waals surface area contributed by atoms with Crippen molar-refractivity contribution in [3.8, 4) is 0 Å². The molecule has 0 fully saturated rings. The van der Waals surface area contributed by atoms with E-state index >= 15 is 0 Å². The van der Waals surface area contributed by atoms with Crippen LogP contribution in [0.15, 0.2) is 18.2 Å². The SMILES string of the molecule is CC(C)(C)C(=O)Cc1cc(Cl)ccc1[N+](=O)[O-]. The molecule has 4 nitrogen and oxygen atoms in total. The molecule has 0 heterocycles. The zero-order chi connectivity index (χ0) is 13.2. The van der Waals surface area contributed by atoms with Crippen molar-refractivity contribution in [2.45, 2.75) is 27.2 Å². The van der Waals surface area contributed by atoms with Crippen LogP contribution in [0.1, 0.15) is 26.3 Å². The molecule has 0 saturated heterocycles. The number of halogens is 1. The predicted molar refractivity (Wildman–Crippen MR) is 66.3 cm³/mol. The van der Waals surface area contributed by atoms with E-state index in [4.69, 9.17) is 11.6 Å². The number of ketones is 1. The van der Waals surface area contributed by atoms with Gasteiger partial charge in [-0.05, 0) is 12.1 Å². The van der Waals surface area contributed by atoms with E-state index in [1.165, 1.54) is 18.2 Å². The Balaban J connectivity index is 3.09. The van der Waals surface area contributed by atoms with E-state index in [1.807, 2.05) is 0 Å². The van der Waals surface area contributed by atoms with Gasteiger partial charge >= 0.3 is 0 Å². The summed E-state index contributed by atoms with van der Waals surface area (Å²) in [5.41, 5.74) is -0.217. The van der Waals surface area contributed by atoms with Gasteiger partial charge in [0.2, 0.25) is 0 Å². The minimum absolute atomic E-state index is 0.0281. The third-order valence-electron chi connectivity index (χ3n) is 2.43. The van der Waals surface area contributed by atoms with Crippen molar-refractivity contribution in [1.82, 2.24) is 0 Å². The second-order valence-corrected chi connectivity index (χ2v) is 5.32. The van der Waals surface area contributed by atoms with Gasteiger partial charge in [0.1, 0.15) is 5.78 Å². The molecule has 1 aromatic carbocycles. The lowest BCUT2D eigenvalue weighted by atomic mass is 9.87. The molecule has 0 amide bonds. The first-order chi connectivity index (χ1) is 7.71. The van der Waals surface area contributed by atoms with E-state index in [-0.39, 0.29) is 17.9 Å². The van der Waals surface area contributed by atoms with Gasteiger partial charge in [-0.25, -0.2) is 0 Å². The van der Waals surface area contributed by atoms with Crippen molar-refractivity contribution in [3.63, 3.8) is 0 Å². The molecule has 1 aromatic rings. The molecular formula is C12H14ClNO3. The Labute approximate surface area is 105 Å². The summed E-state index contributed by atoms with van der Waals surface area (Å²) in [5, 5.41) is 11.2. The maximum absolute atomic E-state index is 11.9. The van der Waals surface area contributed by atoms with Gasteiger partial charge < -0.3 is 0 Å². The second-order valence-electron chi connectivity index (χ2n) is 4.88. The molecule has 0 saturated carbocycles. The number of nitrogens with zero attached hydrogens (tertiary/aromatic N) is 1. The Morgan fingerprint density at radius 1 is 1.41 bits per heavy atom. The van der Waals surface area contributed by atoms with E-state index in [0.717, 1.165) is 0 Å². The quantitative estimate of drug-likeness (QED) is 0.614. The summed E-state index contributed by atoms with van der Waals surface area (Å²) in [6, 6.07) is 4.25. The van der Waals surface area contributed by atoms with E-state index in [0.29, 0.717) is 10.6 Å². The van der Waals surface area contributed by atoms with E-state index < -0.39 is 10.3 Å². The highest BCUT2D eigenvalue weighted by Gasteiger charge is 2.24. The summed E-state index contributed by atoms with van der Waals surface area (Å²) in [4.78, 5) is 22.2. The van der Waals surface area contributed by atoms with Gasteiger partial charge in [-0.2, -0.15) is 0 Å². The van der Waals surface area contributed by atoms with Gasteiger partial charge in [0.05, 0.1) is 4.92 Å². The number of benzene rings is 1. The van der Waals surface area contributed by atoms with Crippen molar-refractivity contribution in [1.29, 1.82) is 0 Å². The average Bonchev–Trinajstić information content (AvgIpc) is 2.15. The van der Waals surface area contributed by atoms with E-state index in [9.17, 15) is 14.9 Å². The minimum atomic E-state index is -0.518. The lowest BCUT2D eigenvalue weighted by molar-refractivity contribution is -0.385. The molecular weight excluding hydrogens is 242 g/mol. The Hall–Kier alpha value is -1.42. The first-order valence-electron chi connectivity index (χ1n) is 5.18. The topological polar surface area (TPSA) is 60.2 Å². The van der Waals surface area contributed by atoms with Crippen LogP contribution in [-0.2, 0) is 11.2 Å². The Morgan fingerprint density at radius 2 is 2.00 bits per heavy atom. The van der Waals surface area contributed by atoms with Gasteiger partial charge in [0, 0.05) is 28.5 Å². The van der Waals surface area contributed by atoms with Crippen molar-refractivity contribution in [2.75, 3.05) is 0 Å². The zero-order valence-corrected chi connectivity index (χ0v) is 10.7. The van der Waals surface area contributed by atoms with E-state index in [1.54, 1.807) is 20.8 Å². The summed E-state index contributed by atoms with van der Waals surface area (Å²) >= 11 is 5.79. The summed E-state index contributed by atoms with van der Waals surface area (Å²) < 4.78 is 0. The first kappa shape index (κ1) is 13.6. The maximum Gasteiger partial charge on any atom is 0.273 e. The standard InChI is InChI=1S/C12H14ClNO3/c1-12(2,3)11(15)7-8-6-9(13)4-5-10(8)14(16)17/h4-6H,7H2,1-3H3. The van der Waals surface area contributed by atoms with Gasteiger partial charge in [-0.3, -0.25) is 14.9 Å². The monoisotopic (exact) mass is 255 g/mol. The van der Waals surface area contributed by atoms with Gasteiger partial charge in [0.15, 0.2) is 0 Å². The van der Waals surface area contributed by atoms with E-state index in [2.05, 4.69) is 0 Å². The summed E-state index contributed by atoms with van der Waals surface area (Å²) in [7, 11) is 0. The molecule has 92 valence electrons. The molecule has 0 N–H and O–H groups in total. The van der Waals surface area contributed by atoms with Crippen LogP contribution in [0, 0.1) is 15.5 Å². The highest BCUT2D eigenvalue weighted by atomic mass is 35.5. The van der Waals surface area contributed by atoms with Crippen LogP contribution in [0.4, 0.5) is 5.69 Å². The molecule has 17 heavy (non-hydrogen) atoms. The number of carbonyl (C=O) groups is 1. The molecule has 5 heteroatoms. The van der Waals surface area contributed by atoms with Gasteiger partial charge in [-0.15, -0.1) is 0 Å². The fraction of sp³-hybridized carbons (Fsp3) is 0.417. The number of nitro groups is 1. The van der Waals surface area contributed by atoms with Crippen LogP contribution in [0.3, 0.4) is 0 Å². The molecule has 0 spiro atoms. The number of hydrogen-bond acceptors (Lipinski definition) is 3. The molecule has 0 unspecified atom stereocenters. The number of carbonyl (C=O) groups excluding carboxylic acids is 1. The molecule has 0 aromatic heterocycles. The predicted octanol–water partition coefficient (Wildman–Crippen LogP) is 3.41. The largest absolute Gasteiger partial charge is 0.299 e. The van der Waals surface area contributed by atoms with Crippen molar-refractivity contribution in [3.05, 3.63) is 38.9 Å². The first-order valence-corrected chi connectivity index (χ1v) is 5.55. The Kier molecular flexibility index (Phi) is 3.88. The molecule has 0 atom stereocenters. The summed E-state index contributed by atoms with van der Waals surface area (Å²) in [6.07, 6.45) is 0.0281. The number of nitro benzene ring substituents is 1. The average molecular weight is 256 g/mol. The maximum atomic E-state index is 11.9. The second kappa shape index (κ2) is 4.84. The highest BCUT2D eigenvalue weighted by Crippen LogP contribution is 2.26. The van der Waals surface area contributed by atoms with Crippen LogP contribution in [0.5, 0.6) is 0 Å². The number of hydrogen-bond donors (Lipinski definition) is 0. The molecule has 1 rings (SSSR count). The minimum Gasteiger partial charge on any atom is -0.299 e. The molecule has 0 aliphatic heterocycles. The lowest BCUT2D eigenvalue weighted by Crippen LogP contribution is -2.22. The third-order valence-corrected chi connectivity index (χ3v) is 2.66. The van der Waals surface area contributed by atoms with Crippen LogP contribution in [0.2, 0.25) is 5.02 Å². The van der Waals surface area contributed by atoms with Gasteiger partial charge in [-0.1, -0.05) is 32.4 Å². The molecule has 0 radical (unpaired) electrons. The fourth-order valence-electron chi connectivity index (χ4n) is 1.31. The van der Waals surface area contributed by atoms with Crippen LogP contribution < -0.4 is 0 Å². The lowest BCUT2D eigenvalue weighted by Gasteiger charge is -2.16. The molecule has 0 aliphatic rings. The van der Waals surface area contributed by atoms with Crippen molar-refractivity contribution < 1.29 is 9.72 Å². The number of Topliss-reactive ketones (excluding diaryl/α,β-unsaturated/α-hetero) is 1. The zero-order valence-electron chi connectivity index (χ0n) is 9.99. The van der Waals surface area contributed by atoms with Crippen molar-refractivity contribution >= 4 is 23.1 Å².